The van der Waals surface area contributed by atoms with Crippen molar-refractivity contribution < 1.29 is 26.3 Å². The second-order valence-corrected chi connectivity index (χ2v) is 8.50. The van der Waals surface area contributed by atoms with E-state index in [1.807, 2.05) is 37.3 Å². The molecule has 0 saturated carbocycles. The maximum atomic E-state index is 12.6. The van der Waals surface area contributed by atoms with Crippen LogP contribution in [0.15, 0.2) is 35.3 Å². The summed E-state index contributed by atoms with van der Waals surface area (Å²) >= 11 is 0. The largest absolute Gasteiger partial charge is 0.511 e. The van der Waals surface area contributed by atoms with Crippen LogP contribution in [0, 0.1) is 0 Å². The minimum atomic E-state index is -5.26. The van der Waals surface area contributed by atoms with Gasteiger partial charge in [0.25, 0.3) is 0 Å². The lowest BCUT2D eigenvalue weighted by molar-refractivity contribution is -0.0494. The van der Waals surface area contributed by atoms with Crippen molar-refractivity contribution in [1.82, 2.24) is 14.9 Å². The number of nitrogens with one attached hydrogen (secondary N) is 2. The zero-order valence-electron chi connectivity index (χ0n) is 16.7. The van der Waals surface area contributed by atoms with E-state index in [0.29, 0.717) is 36.6 Å². The third-order valence-electron chi connectivity index (χ3n) is 4.39. The van der Waals surface area contributed by atoms with Crippen molar-refractivity contribution in [2.45, 2.75) is 37.9 Å². The molecule has 2 rings (SSSR count). The number of aliphatic imine (C=N–C) groups is 1. The molecule has 0 amide bonds. The monoisotopic (exact) mass is 564 g/mol. The Bertz CT molecular complexity index is 756. The molecule has 2 N–H and O–H groups in total. The summed E-state index contributed by atoms with van der Waals surface area (Å²) in [6, 6.07) is 9.61. The lowest BCUT2D eigenvalue weighted by Crippen LogP contribution is -2.51. The van der Waals surface area contributed by atoms with Gasteiger partial charge in [0.2, 0.25) is 0 Å². The summed E-state index contributed by atoms with van der Waals surface area (Å²) < 4.78 is 67.0. The summed E-state index contributed by atoms with van der Waals surface area (Å²) in [6.45, 7) is 3.50. The van der Waals surface area contributed by atoms with Crippen molar-refractivity contribution in [3.05, 3.63) is 35.9 Å². The highest BCUT2D eigenvalue weighted by atomic mass is 127. The lowest BCUT2D eigenvalue weighted by Gasteiger charge is -2.32. The fourth-order valence-corrected chi connectivity index (χ4v) is 3.87. The Morgan fingerprint density at radius 3 is 2.43 bits per heavy atom. The molecule has 7 nitrogen and oxygen atoms in total. The molecule has 12 heteroatoms. The van der Waals surface area contributed by atoms with Crippen LogP contribution < -0.4 is 10.6 Å². The predicted molar refractivity (Wildman–Crippen MR) is 120 cm³/mol. The third kappa shape index (κ3) is 8.19. The number of benzene rings is 1. The molecule has 1 heterocycles. The van der Waals surface area contributed by atoms with E-state index in [1.165, 1.54) is 0 Å². The van der Waals surface area contributed by atoms with Crippen molar-refractivity contribution in [2.24, 2.45) is 4.99 Å². The van der Waals surface area contributed by atoms with E-state index in [9.17, 15) is 21.6 Å². The predicted octanol–water partition coefficient (Wildman–Crippen LogP) is 2.69. The molecule has 0 aromatic heterocycles. The summed E-state index contributed by atoms with van der Waals surface area (Å²) in [5.41, 5.74) is -4.19. The normalized spacial score (nSPS) is 16.7. The van der Waals surface area contributed by atoms with Gasteiger partial charge in [-0.15, -0.1) is 24.0 Å². The molecule has 30 heavy (non-hydrogen) atoms. The van der Waals surface area contributed by atoms with Crippen LogP contribution in [0.1, 0.15) is 25.3 Å². The van der Waals surface area contributed by atoms with Crippen LogP contribution in [0.4, 0.5) is 13.2 Å². The molecule has 0 unspecified atom stereocenters. The molecule has 1 aromatic carbocycles. The van der Waals surface area contributed by atoms with E-state index in [1.54, 1.807) is 0 Å². The first-order chi connectivity index (χ1) is 13.7. The number of guanidine groups is 1. The van der Waals surface area contributed by atoms with E-state index < -0.39 is 15.5 Å². The Hall–Kier alpha value is -1.12. The zero-order valence-corrected chi connectivity index (χ0v) is 19.8. The number of rotatable bonds is 8. The maximum Gasteiger partial charge on any atom is 0.511 e. The molecule has 0 bridgehead atoms. The summed E-state index contributed by atoms with van der Waals surface area (Å²) in [5.74, 6) is 0.535. The molecule has 0 atom stereocenters. The molecular formula is C18H28F3IN4O3S. The third-order valence-corrected chi connectivity index (χ3v) is 6.02. The number of sulfonamides is 1. The highest BCUT2D eigenvalue weighted by Crippen LogP contribution is 2.28. The molecule has 0 spiro atoms. The summed E-state index contributed by atoms with van der Waals surface area (Å²) in [5, 5.41) is 6.23. The van der Waals surface area contributed by atoms with Gasteiger partial charge in [-0.05, 0) is 25.3 Å². The van der Waals surface area contributed by atoms with Crippen LogP contribution in [-0.4, -0.2) is 63.0 Å². The molecule has 1 fully saturated rings. The number of nitrogens with zero attached hydrogens (tertiary/aromatic N) is 2. The Labute approximate surface area is 192 Å². The fourth-order valence-electron chi connectivity index (χ4n) is 2.89. The number of hydrogen-bond donors (Lipinski definition) is 2. The van der Waals surface area contributed by atoms with Gasteiger partial charge in [0.15, 0.2) is 5.96 Å². The number of halogens is 4. The maximum absolute atomic E-state index is 12.6. The van der Waals surface area contributed by atoms with Crippen molar-refractivity contribution in [2.75, 3.05) is 32.8 Å². The van der Waals surface area contributed by atoms with E-state index in [-0.39, 0.29) is 55.9 Å². The minimum absolute atomic E-state index is 0. The van der Waals surface area contributed by atoms with E-state index in [2.05, 4.69) is 15.6 Å². The highest BCUT2D eigenvalue weighted by Gasteiger charge is 2.50. The summed E-state index contributed by atoms with van der Waals surface area (Å²) in [4.78, 5) is 4.40. The van der Waals surface area contributed by atoms with Gasteiger partial charge in [0.1, 0.15) is 0 Å². The van der Waals surface area contributed by atoms with Crippen molar-refractivity contribution in [3.8, 4) is 0 Å². The zero-order chi connectivity index (χ0) is 21.3. The van der Waals surface area contributed by atoms with Crippen LogP contribution in [0.2, 0.25) is 0 Å². The standard InChI is InChI=1S/C18H27F3N4O3S.HI/c1-2-22-17(23-10-13-28-14-15-6-4-3-5-7-15)24-16-8-11-25(12-9-16)29(26,27)18(19,20)21;/h3-7,16H,2,8-14H2,1H3,(H2,22,23,24);1H. The first kappa shape index (κ1) is 26.9. The van der Waals surface area contributed by atoms with Gasteiger partial charge in [-0.3, -0.25) is 4.99 Å². The quantitative estimate of drug-likeness (QED) is 0.220. The number of piperidine rings is 1. The van der Waals surface area contributed by atoms with Crippen molar-refractivity contribution in [3.63, 3.8) is 0 Å². The van der Waals surface area contributed by atoms with Crippen LogP contribution >= 0.6 is 24.0 Å². The molecular weight excluding hydrogens is 536 g/mol. The minimum Gasteiger partial charge on any atom is -0.375 e. The summed E-state index contributed by atoms with van der Waals surface area (Å²) in [7, 11) is -5.26. The molecule has 1 aliphatic rings. The Kier molecular flexibility index (Phi) is 11.4. The van der Waals surface area contributed by atoms with E-state index in [0.717, 1.165) is 5.56 Å². The number of ether oxygens (including phenoxy) is 1. The van der Waals surface area contributed by atoms with Gasteiger partial charge < -0.3 is 15.4 Å². The van der Waals surface area contributed by atoms with E-state index >= 15 is 0 Å². The van der Waals surface area contributed by atoms with Gasteiger partial charge >= 0.3 is 15.5 Å². The van der Waals surface area contributed by atoms with Gasteiger partial charge in [0.05, 0.1) is 19.8 Å². The second kappa shape index (κ2) is 12.7. The number of alkyl halides is 3. The average molecular weight is 564 g/mol. The fraction of sp³-hybridized carbons (Fsp3) is 0.611. The summed E-state index contributed by atoms with van der Waals surface area (Å²) in [6.07, 6.45) is 0.536. The second-order valence-electron chi connectivity index (χ2n) is 6.57. The molecule has 0 radical (unpaired) electrons. The molecule has 1 saturated heterocycles. The van der Waals surface area contributed by atoms with Gasteiger partial charge in [0, 0.05) is 25.7 Å². The number of hydrogen-bond acceptors (Lipinski definition) is 4. The van der Waals surface area contributed by atoms with Crippen LogP contribution in [0.5, 0.6) is 0 Å². The molecule has 1 aromatic rings. The van der Waals surface area contributed by atoms with Crippen LogP contribution in [0.3, 0.4) is 0 Å². The van der Waals surface area contributed by atoms with Crippen molar-refractivity contribution in [1.29, 1.82) is 0 Å². The van der Waals surface area contributed by atoms with Gasteiger partial charge in [-0.2, -0.15) is 17.5 Å². The lowest BCUT2D eigenvalue weighted by atomic mass is 10.1. The SMILES string of the molecule is CCNC(=NCCOCc1ccccc1)NC1CCN(S(=O)(=O)C(F)(F)F)CC1.I. The van der Waals surface area contributed by atoms with Gasteiger partial charge in [-0.25, -0.2) is 8.42 Å². The average Bonchev–Trinajstić information content (AvgIpc) is 2.68. The molecule has 1 aliphatic heterocycles. The van der Waals surface area contributed by atoms with Gasteiger partial charge in [-0.1, -0.05) is 30.3 Å². The Balaban J connectivity index is 0.00000450. The van der Waals surface area contributed by atoms with E-state index in [4.69, 9.17) is 4.74 Å². The first-order valence-electron chi connectivity index (χ1n) is 9.47. The van der Waals surface area contributed by atoms with Crippen molar-refractivity contribution >= 4 is 40.0 Å². The Morgan fingerprint density at radius 2 is 1.87 bits per heavy atom. The van der Waals surface area contributed by atoms with Crippen LogP contribution in [-0.2, 0) is 21.4 Å². The topological polar surface area (TPSA) is 83.0 Å². The van der Waals surface area contributed by atoms with Crippen LogP contribution in [0.25, 0.3) is 0 Å². The first-order valence-corrected chi connectivity index (χ1v) is 10.9. The molecule has 0 aliphatic carbocycles. The smallest absolute Gasteiger partial charge is 0.375 e. The molecule has 172 valence electrons. The highest BCUT2D eigenvalue weighted by molar-refractivity contribution is 14.0. The Morgan fingerprint density at radius 1 is 1.23 bits per heavy atom.